The minimum absolute atomic E-state index is 0.0453. The summed E-state index contributed by atoms with van der Waals surface area (Å²) in [6.07, 6.45) is 0. The van der Waals surface area contributed by atoms with Crippen LogP contribution in [0.5, 0.6) is 0 Å². The zero-order valence-electron chi connectivity index (χ0n) is 47.3. The van der Waals surface area contributed by atoms with Gasteiger partial charge in [-0.3, -0.25) is 0 Å². The molecule has 13 aromatic carbocycles. The number of rotatable bonds is 10. The molecule has 0 bridgehead atoms. The van der Waals surface area contributed by atoms with Crippen LogP contribution < -0.4 is 9.80 Å². The maximum absolute atomic E-state index is 6.88. The maximum atomic E-state index is 6.88. The Balaban J connectivity index is 1.09. The molecule has 3 nitrogen and oxygen atoms in total. The normalized spacial score (nSPS) is 11.9. The minimum Gasteiger partial charge on any atom is -0.454 e. The molecule has 0 saturated carbocycles. The molecule has 0 spiro atoms. The van der Waals surface area contributed by atoms with Gasteiger partial charge in [0.25, 0.3) is 0 Å². The molecule has 1 aromatic heterocycles. The van der Waals surface area contributed by atoms with Gasteiger partial charge in [0.15, 0.2) is 5.58 Å². The van der Waals surface area contributed by atoms with Crippen molar-refractivity contribution in [1.29, 1.82) is 0 Å². The zero-order chi connectivity index (χ0) is 55.9. The molecule has 0 saturated heterocycles. The van der Waals surface area contributed by atoms with E-state index in [1.165, 1.54) is 99.6 Å². The Kier molecular flexibility index (Phi) is 11.9. The molecule has 0 unspecified atom stereocenters. The average Bonchev–Trinajstić information content (AvgIpc) is 1.39. The number of fused-ring (bicyclic) bond motifs is 9. The number of anilines is 6. The Morgan fingerprint density at radius 2 is 0.699 bits per heavy atom. The van der Waals surface area contributed by atoms with E-state index in [0.717, 1.165) is 61.5 Å². The summed E-state index contributed by atoms with van der Waals surface area (Å²) in [6.45, 7) is 11.4. The Morgan fingerprint density at radius 1 is 0.277 bits per heavy atom. The summed E-state index contributed by atoms with van der Waals surface area (Å²) in [7, 11) is 0. The van der Waals surface area contributed by atoms with E-state index >= 15 is 0 Å². The van der Waals surface area contributed by atoms with Gasteiger partial charge in [-0.1, -0.05) is 233 Å². The van der Waals surface area contributed by atoms with Crippen molar-refractivity contribution < 1.29 is 4.42 Å². The summed E-state index contributed by atoms with van der Waals surface area (Å²) in [6, 6.07) is 100. The van der Waals surface area contributed by atoms with Crippen molar-refractivity contribution in [1.82, 2.24) is 0 Å². The van der Waals surface area contributed by atoms with E-state index < -0.39 is 0 Å². The molecule has 3 heteroatoms. The Bertz CT molecular complexity index is 4830. The first-order valence-corrected chi connectivity index (χ1v) is 28.9. The summed E-state index contributed by atoms with van der Waals surface area (Å²) < 4.78 is 6.88. The lowest BCUT2D eigenvalue weighted by Gasteiger charge is -2.38. The van der Waals surface area contributed by atoms with E-state index in [0.29, 0.717) is 0 Å². The number of aryl methyl sites for hydroxylation is 2. The van der Waals surface area contributed by atoms with E-state index in [9.17, 15) is 0 Å². The highest BCUT2D eigenvalue weighted by molar-refractivity contribution is 6.33. The van der Waals surface area contributed by atoms with Crippen molar-refractivity contribution in [2.45, 2.75) is 40.0 Å². The van der Waals surface area contributed by atoms with Crippen LogP contribution in [0.25, 0.3) is 110 Å². The third-order valence-corrected chi connectivity index (χ3v) is 17.2. The van der Waals surface area contributed by atoms with Gasteiger partial charge in [-0.05, 0) is 185 Å². The fraction of sp³-hybridized carbons (Fsp3) is 0.0750. The lowest BCUT2D eigenvalue weighted by Crippen LogP contribution is -2.15. The topological polar surface area (TPSA) is 19.6 Å². The van der Waals surface area contributed by atoms with Crippen molar-refractivity contribution in [2.75, 3.05) is 9.80 Å². The van der Waals surface area contributed by atoms with Gasteiger partial charge in [-0.15, -0.1) is 0 Å². The molecule has 83 heavy (non-hydrogen) atoms. The zero-order valence-corrected chi connectivity index (χ0v) is 47.3. The van der Waals surface area contributed by atoms with Crippen molar-refractivity contribution in [2.24, 2.45) is 0 Å². The fourth-order valence-corrected chi connectivity index (χ4v) is 13.2. The van der Waals surface area contributed by atoms with Gasteiger partial charge in [0.1, 0.15) is 5.58 Å². The van der Waals surface area contributed by atoms with Crippen LogP contribution in [0.4, 0.5) is 34.1 Å². The van der Waals surface area contributed by atoms with E-state index in [-0.39, 0.29) is 5.41 Å². The average molecular weight is 1070 g/mol. The molecule has 1 aliphatic rings. The van der Waals surface area contributed by atoms with Gasteiger partial charge in [-0.2, -0.15) is 0 Å². The maximum Gasteiger partial charge on any atom is 0.159 e. The van der Waals surface area contributed by atoms with E-state index in [2.05, 4.69) is 317 Å². The molecule has 0 radical (unpaired) electrons. The van der Waals surface area contributed by atoms with Crippen LogP contribution in [-0.4, -0.2) is 0 Å². The fourth-order valence-electron chi connectivity index (χ4n) is 13.2. The van der Waals surface area contributed by atoms with E-state index in [4.69, 9.17) is 4.42 Å². The standard InChI is InChI=1S/C80H60N2O/c1-51-26-21-23-39-67(51)82(68-40-25-38-64-61-37-22-24-41-70(61)83-79(64)68)60-45-47-63-66(50-60)74(56-33-17-9-18-34-56)78-76(72(63)54-29-13-7-14-30-54)75-71(53-27-11-6-12-28-53)62-46-44-59(49-65(62)73(77(75)78)55-31-15-8-16-32-55)81(58-35-19-10-20-36-58)69-48-57(80(3,4)5)43-42-52(69)2/h6-50H,1-5H3. The second-order valence-electron chi connectivity index (χ2n) is 23.2. The largest absolute Gasteiger partial charge is 0.454 e. The highest BCUT2D eigenvalue weighted by Crippen LogP contribution is 2.66. The molecule has 0 N–H and O–H groups in total. The van der Waals surface area contributed by atoms with Crippen molar-refractivity contribution in [3.05, 3.63) is 290 Å². The molecule has 0 aliphatic heterocycles. The van der Waals surface area contributed by atoms with Crippen LogP contribution >= 0.6 is 0 Å². The van der Waals surface area contributed by atoms with Gasteiger partial charge < -0.3 is 14.2 Å². The summed E-state index contributed by atoms with van der Waals surface area (Å²) in [4.78, 5) is 4.89. The number of benzene rings is 13. The summed E-state index contributed by atoms with van der Waals surface area (Å²) >= 11 is 0. The van der Waals surface area contributed by atoms with Gasteiger partial charge in [-0.25, -0.2) is 0 Å². The molecule has 396 valence electrons. The number of furan rings is 1. The summed E-state index contributed by atoms with van der Waals surface area (Å²) in [5.41, 5.74) is 26.5. The van der Waals surface area contributed by atoms with Crippen LogP contribution in [0, 0.1) is 13.8 Å². The van der Waals surface area contributed by atoms with Crippen molar-refractivity contribution in [3.63, 3.8) is 0 Å². The van der Waals surface area contributed by atoms with Gasteiger partial charge in [0, 0.05) is 39.2 Å². The molecular formula is C80H60N2O. The molecule has 0 atom stereocenters. The second kappa shape index (κ2) is 19.8. The van der Waals surface area contributed by atoms with Crippen LogP contribution in [0.1, 0.15) is 37.5 Å². The lowest BCUT2D eigenvalue weighted by atomic mass is 9.65. The Morgan fingerprint density at radius 3 is 1.22 bits per heavy atom. The lowest BCUT2D eigenvalue weighted by molar-refractivity contribution is 0.590. The first kappa shape index (κ1) is 49.8. The third kappa shape index (κ3) is 8.17. The quantitative estimate of drug-likeness (QED) is 0.136. The van der Waals surface area contributed by atoms with Crippen molar-refractivity contribution >= 4 is 77.6 Å². The van der Waals surface area contributed by atoms with Gasteiger partial charge >= 0.3 is 0 Å². The molecule has 0 amide bonds. The number of hydrogen-bond donors (Lipinski definition) is 0. The van der Waals surface area contributed by atoms with Gasteiger partial charge in [0.2, 0.25) is 0 Å². The molecule has 0 fully saturated rings. The SMILES string of the molecule is Cc1ccc(C(C)(C)C)cc1N(c1ccccc1)c1ccc2c(-c3ccccc3)c3c(c(-c4ccccc4)c2c1)-c1c-3c(-c2ccccc2)c2ccc(N(c3ccccc3C)c3cccc4c3oc3ccccc34)cc2c1-c1ccccc1. The molecule has 15 rings (SSSR count). The predicted molar refractivity (Wildman–Crippen MR) is 352 cm³/mol. The molecule has 1 aliphatic carbocycles. The first-order chi connectivity index (χ1) is 40.7. The van der Waals surface area contributed by atoms with Crippen LogP contribution in [0.3, 0.4) is 0 Å². The van der Waals surface area contributed by atoms with Crippen LogP contribution in [0.2, 0.25) is 0 Å². The predicted octanol–water partition coefficient (Wildman–Crippen LogP) is 23.1. The molecular weight excluding hydrogens is 1000 g/mol. The third-order valence-electron chi connectivity index (χ3n) is 17.2. The number of nitrogens with zero attached hydrogens (tertiary/aromatic N) is 2. The van der Waals surface area contributed by atoms with Crippen LogP contribution in [0.15, 0.2) is 277 Å². The van der Waals surface area contributed by atoms with E-state index in [1.54, 1.807) is 0 Å². The van der Waals surface area contributed by atoms with E-state index in [1.807, 2.05) is 0 Å². The second-order valence-corrected chi connectivity index (χ2v) is 23.2. The van der Waals surface area contributed by atoms with Crippen molar-refractivity contribution in [3.8, 4) is 66.8 Å². The van der Waals surface area contributed by atoms with Crippen LogP contribution in [-0.2, 0) is 5.41 Å². The highest BCUT2D eigenvalue weighted by atomic mass is 16.3. The molecule has 1 heterocycles. The first-order valence-electron chi connectivity index (χ1n) is 28.9. The summed E-state index contributed by atoms with van der Waals surface area (Å²) in [5, 5.41) is 6.96. The minimum atomic E-state index is -0.0453. The summed E-state index contributed by atoms with van der Waals surface area (Å²) in [5.74, 6) is 0. The number of hydrogen-bond acceptors (Lipinski definition) is 3. The van der Waals surface area contributed by atoms with Gasteiger partial charge in [0.05, 0.1) is 5.69 Å². The highest BCUT2D eigenvalue weighted by Gasteiger charge is 2.39. The Hall–Kier alpha value is -10.2. The number of para-hydroxylation sites is 4. The smallest absolute Gasteiger partial charge is 0.159 e. The Labute approximate surface area is 485 Å². The molecule has 14 aromatic rings. The monoisotopic (exact) mass is 1060 g/mol.